The number of fused-ring (bicyclic) bond motifs is 1. The average molecular weight is 341 g/mol. The van der Waals surface area contributed by atoms with Crippen molar-refractivity contribution in [1.29, 1.82) is 0 Å². The van der Waals surface area contributed by atoms with Crippen LogP contribution in [0.25, 0.3) is 0 Å². The number of carbonyl (C=O) groups excluding carboxylic acids is 1. The fraction of sp³-hybridized carbons (Fsp3) is 0.500. The molecule has 3 rings (SSSR count). The Labute approximate surface area is 149 Å². The summed E-state index contributed by atoms with van der Waals surface area (Å²) in [6.07, 6.45) is 3.43. The smallest absolute Gasteiger partial charge is 0.223 e. The fourth-order valence-corrected chi connectivity index (χ4v) is 3.36. The maximum Gasteiger partial charge on any atom is 0.223 e. The first-order valence-corrected chi connectivity index (χ1v) is 9.16. The number of nitrogens with zero attached hydrogens (tertiary/aromatic N) is 3. The molecule has 0 saturated carbocycles. The summed E-state index contributed by atoms with van der Waals surface area (Å²) in [6, 6.07) is 10.2. The average Bonchev–Trinajstić information content (AvgIpc) is 3.08. The molecule has 5 heteroatoms. The van der Waals surface area contributed by atoms with Gasteiger partial charge >= 0.3 is 0 Å². The molecule has 5 nitrogen and oxygen atoms in total. The normalized spacial score (nSPS) is 16.7. The van der Waals surface area contributed by atoms with Gasteiger partial charge in [0.2, 0.25) is 5.91 Å². The van der Waals surface area contributed by atoms with Crippen LogP contribution in [0.5, 0.6) is 0 Å². The lowest BCUT2D eigenvalue weighted by atomic mass is 9.95. The molecule has 0 aliphatic carbocycles. The van der Waals surface area contributed by atoms with E-state index in [4.69, 9.17) is 4.74 Å². The molecule has 0 fully saturated rings. The Balaban J connectivity index is 1.68. The van der Waals surface area contributed by atoms with Crippen LogP contribution in [0.1, 0.15) is 43.0 Å². The van der Waals surface area contributed by atoms with Crippen molar-refractivity contribution < 1.29 is 9.53 Å². The van der Waals surface area contributed by atoms with Crippen molar-refractivity contribution in [2.75, 3.05) is 19.8 Å². The van der Waals surface area contributed by atoms with Gasteiger partial charge in [-0.25, -0.2) is 0 Å². The Morgan fingerprint density at radius 1 is 1.28 bits per heavy atom. The zero-order chi connectivity index (χ0) is 17.6. The first-order valence-electron chi connectivity index (χ1n) is 9.16. The number of hydrogen-bond acceptors (Lipinski definition) is 3. The number of hydrogen-bond donors (Lipinski definition) is 0. The van der Waals surface area contributed by atoms with Gasteiger partial charge in [0, 0.05) is 43.8 Å². The van der Waals surface area contributed by atoms with Gasteiger partial charge in [-0.3, -0.25) is 9.48 Å². The summed E-state index contributed by atoms with van der Waals surface area (Å²) in [4.78, 5) is 14.7. The van der Waals surface area contributed by atoms with E-state index in [0.29, 0.717) is 26.2 Å². The number of carbonyl (C=O) groups is 1. The van der Waals surface area contributed by atoms with Crippen LogP contribution in [0.4, 0.5) is 0 Å². The Morgan fingerprint density at radius 3 is 2.80 bits per heavy atom. The SMILES string of the molecule is CCOC[C@@H]1CN(C(=O)CCc2ccccc2)Cc2nn(CC)cc21. The molecule has 0 saturated heterocycles. The standard InChI is InChI=1S/C20H27N3O2/c1-3-23-13-18-17(15-25-4-2)12-22(14-19(18)21-23)20(24)11-10-16-8-6-5-7-9-16/h5-9,13,17H,3-4,10-12,14-15H2,1-2H3/t17-/m0/s1. The number of benzene rings is 1. The van der Waals surface area contributed by atoms with E-state index in [2.05, 4.69) is 30.4 Å². The molecule has 1 aliphatic rings. The molecule has 1 atom stereocenters. The predicted octanol–water partition coefficient (Wildman–Crippen LogP) is 3.00. The largest absolute Gasteiger partial charge is 0.381 e. The Morgan fingerprint density at radius 2 is 2.08 bits per heavy atom. The fourth-order valence-electron chi connectivity index (χ4n) is 3.36. The Kier molecular flexibility index (Phi) is 5.87. The quantitative estimate of drug-likeness (QED) is 0.778. The van der Waals surface area contributed by atoms with E-state index in [-0.39, 0.29) is 11.8 Å². The molecular formula is C20H27N3O2. The molecular weight excluding hydrogens is 314 g/mol. The third kappa shape index (κ3) is 4.28. The van der Waals surface area contributed by atoms with Crippen LogP contribution in [-0.4, -0.2) is 40.3 Å². The van der Waals surface area contributed by atoms with Gasteiger partial charge in [-0.1, -0.05) is 30.3 Å². The minimum absolute atomic E-state index is 0.196. The Hall–Kier alpha value is -2.14. The van der Waals surface area contributed by atoms with Gasteiger partial charge in [0.15, 0.2) is 0 Å². The lowest BCUT2D eigenvalue weighted by Crippen LogP contribution is -2.39. The van der Waals surface area contributed by atoms with Crippen molar-refractivity contribution in [2.45, 2.75) is 45.7 Å². The van der Waals surface area contributed by atoms with Crippen LogP contribution < -0.4 is 0 Å². The van der Waals surface area contributed by atoms with Crippen molar-refractivity contribution in [3.63, 3.8) is 0 Å². The van der Waals surface area contributed by atoms with Crippen molar-refractivity contribution in [2.24, 2.45) is 0 Å². The summed E-state index contributed by atoms with van der Waals surface area (Å²) < 4.78 is 7.61. The van der Waals surface area contributed by atoms with Crippen molar-refractivity contribution in [3.8, 4) is 0 Å². The second-order valence-electron chi connectivity index (χ2n) is 6.50. The van der Waals surface area contributed by atoms with Gasteiger partial charge in [0.1, 0.15) is 0 Å². The zero-order valence-electron chi connectivity index (χ0n) is 15.1. The highest BCUT2D eigenvalue weighted by atomic mass is 16.5. The highest BCUT2D eigenvalue weighted by molar-refractivity contribution is 5.76. The van der Waals surface area contributed by atoms with Crippen LogP contribution in [0.2, 0.25) is 0 Å². The summed E-state index contributed by atoms with van der Waals surface area (Å²) in [5, 5.41) is 4.65. The van der Waals surface area contributed by atoms with E-state index in [9.17, 15) is 4.79 Å². The van der Waals surface area contributed by atoms with Crippen molar-refractivity contribution in [1.82, 2.24) is 14.7 Å². The number of aromatic nitrogens is 2. The van der Waals surface area contributed by atoms with Crippen LogP contribution in [0.3, 0.4) is 0 Å². The van der Waals surface area contributed by atoms with E-state index in [1.807, 2.05) is 34.7 Å². The summed E-state index contributed by atoms with van der Waals surface area (Å²) in [7, 11) is 0. The molecule has 0 unspecified atom stereocenters. The summed E-state index contributed by atoms with van der Waals surface area (Å²) in [6.45, 7) is 7.59. The van der Waals surface area contributed by atoms with E-state index >= 15 is 0 Å². The summed E-state index contributed by atoms with van der Waals surface area (Å²) in [5.74, 6) is 0.409. The topological polar surface area (TPSA) is 47.4 Å². The Bertz CT molecular complexity index is 696. The zero-order valence-corrected chi connectivity index (χ0v) is 15.1. The molecule has 1 aromatic carbocycles. The monoisotopic (exact) mass is 341 g/mol. The van der Waals surface area contributed by atoms with Gasteiger partial charge < -0.3 is 9.64 Å². The van der Waals surface area contributed by atoms with Crippen LogP contribution >= 0.6 is 0 Å². The second-order valence-corrected chi connectivity index (χ2v) is 6.50. The van der Waals surface area contributed by atoms with Crippen molar-refractivity contribution in [3.05, 3.63) is 53.3 Å². The van der Waals surface area contributed by atoms with Gasteiger partial charge in [-0.15, -0.1) is 0 Å². The van der Waals surface area contributed by atoms with E-state index in [0.717, 1.165) is 25.2 Å². The maximum absolute atomic E-state index is 12.7. The molecule has 1 aromatic heterocycles. The third-order valence-electron chi connectivity index (χ3n) is 4.76. The number of ether oxygens (including phenoxy) is 1. The minimum Gasteiger partial charge on any atom is -0.381 e. The molecule has 2 heterocycles. The first-order chi connectivity index (χ1) is 12.2. The predicted molar refractivity (Wildman–Crippen MR) is 97.3 cm³/mol. The van der Waals surface area contributed by atoms with Gasteiger partial charge in [0.25, 0.3) is 0 Å². The summed E-state index contributed by atoms with van der Waals surface area (Å²) >= 11 is 0. The highest BCUT2D eigenvalue weighted by Gasteiger charge is 2.30. The lowest BCUT2D eigenvalue weighted by Gasteiger charge is -2.32. The molecule has 134 valence electrons. The third-order valence-corrected chi connectivity index (χ3v) is 4.76. The van der Waals surface area contributed by atoms with E-state index < -0.39 is 0 Å². The lowest BCUT2D eigenvalue weighted by molar-refractivity contribution is -0.132. The van der Waals surface area contributed by atoms with E-state index in [1.54, 1.807) is 0 Å². The van der Waals surface area contributed by atoms with Gasteiger partial charge in [-0.2, -0.15) is 5.10 Å². The second kappa shape index (κ2) is 8.30. The minimum atomic E-state index is 0.196. The highest BCUT2D eigenvalue weighted by Crippen LogP contribution is 2.28. The number of aryl methyl sites for hydroxylation is 2. The van der Waals surface area contributed by atoms with Crippen LogP contribution in [0.15, 0.2) is 36.5 Å². The molecule has 2 aromatic rings. The molecule has 25 heavy (non-hydrogen) atoms. The van der Waals surface area contributed by atoms with E-state index in [1.165, 1.54) is 11.1 Å². The molecule has 0 spiro atoms. The van der Waals surface area contributed by atoms with Gasteiger partial charge in [-0.05, 0) is 25.8 Å². The first kappa shape index (κ1) is 17.7. The molecule has 1 amide bonds. The number of rotatable bonds is 7. The number of amides is 1. The molecule has 0 N–H and O–H groups in total. The molecule has 1 aliphatic heterocycles. The molecule has 0 bridgehead atoms. The van der Waals surface area contributed by atoms with Crippen molar-refractivity contribution >= 4 is 5.91 Å². The van der Waals surface area contributed by atoms with Crippen LogP contribution in [-0.2, 0) is 29.0 Å². The summed E-state index contributed by atoms with van der Waals surface area (Å²) in [5.41, 5.74) is 3.46. The van der Waals surface area contributed by atoms with Gasteiger partial charge in [0.05, 0.1) is 18.8 Å². The van der Waals surface area contributed by atoms with Crippen LogP contribution in [0, 0.1) is 0 Å². The molecule has 0 radical (unpaired) electrons. The maximum atomic E-state index is 12.7.